The normalized spacial score (nSPS) is 10.5. The molecule has 0 bridgehead atoms. The molecule has 0 unspecified atom stereocenters. The Kier molecular flexibility index (Phi) is 3.95. The SMILES string of the molecule is [c]1cc(-c2ccccc2)c(-c2ccccc2)cc1-c1ccccc1. The molecule has 0 heterocycles. The highest BCUT2D eigenvalue weighted by molar-refractivity contribution is 5.86. The second-order valence-electron chi connectivity index (χ2n) is 5.77. The summed E-state index contributed by atoms with van der Waals surface area (Å²) < 4.78 is 0. The van der Waals surface area contributed by atoms with Crippen molar-refractivity contribution in [3.63, 3.8) is 0 Å². The van der Waals surface area contributed by atoms with Gasteiger partial charge in [0, 0.05) is 0 Å². The molecule has 0 aromatic heterocycles. The minimum Gasteiger partial charge on any atom is -0.0622 e. The first-order valence-electron chi connectivity index (χ1n) is 8.14. The van der Waals surface area contributed by atoms with Gasteiger partial charge in [-0.15, -0.1) is 0 Å². The van der Waals surface area contributed by atoms with Crippen LogP contribution in [0.25, 0.3) is 33.4 Å². The number of hydrogen-bond donors (Lipinski definition) is 0. The molecule has 0 aliphatic carbocycles. The van der Waals surface area contributed by atoms with Crippen LogP contribution in [0.5, 0.6) is 0 Å². The van der Waals surface area contributed by atoms with Crippen molar-refractivity contribution < 1.29 is 0 Å². The van der Waals surface area contributed by atoms with Crippen LogP contribution in [0, 0.1) is 6.07 Å². The Hall–Kier alpha value is -3.12. The summed E-state index contributed by atoms with van der Waals surface area (Å²) in [5, 5.41) is 0. The molecular formula is C24H17. The quantitative estimate of drug-likeness (QED) is 0.406. The van der Waals surface area contributed by atoms with Gasteiger partial charge in [0.1, 0.15) is 0 Å². The smallest absolute Gasteiger partial charge is 0.00923 e. The highest BCUT2D eigenvalue weighted by atomic mass is 14.1. The Bertz CT molecular complexity index is 923. The van der Waals surface area contributed by atoms with Crippen LogP contribution >= 0.6 is 0 Å². The molecule has 4 aromatic carbocycles. The first-order chi connectivity index (χ1) is 11.9. The van der Waals surface area contributed by atoms with Crippen LogP contribution in [0.2, 0.25) is 0 Å². The lowest BCUT2D eigenvalue weighted by Gasteiger charge is -2.13. The summed E-state index contributed by atoms with van der Waals surface area (Å²) in [5.74, 6) is 0. The molecule has 24 heavy (non-hydrogen) atoms. The van der Waals surface area contributed by atoms with Crippen molar-refractivity contribution in [3.05, 3.63) is 109 Å². The van der Waals surface area contributed by atoms with Gasteiger partial charge >= 0.3 is 0 Å². The lowest BCUT2D eigenvalue weighted by molar-refractivity contribution is 1.55. The van der Waals surface area contributed by atoms with Crippen LogP contribution in [0.15, 0.2) is 103 Å². The van der Waals surface area contributed by atoms with E-state index in [0.29, 0.717) is 0 Å². The third-order valence-corrected chi connectivity index (χ3v) is 4.21. The number of hydrogen-bond acceptors (Lipinski definition) is 0. The summed E-state index contributed by atoms with van der Waals surface area (Å²) in [5.41, 5.74) is 7.19. The Morgan fingerprint density at radius 2 is 0.917 bits per heavy atom. The van der Waals surface area contributed by atoms with Crippen LogP contribution in [0.3, 0.4) is 0 Å². The zero-order valence-electron chi connectivity index (χ0n) is 13.3. The molecule has 0 fully saturated rings. The lowest BCUT2D eigenvalue weighted by atomic mass is 9.91. The third-order valence-electron chi connectivity index (χ3n) is 4.21. The Morgan fingerprint density at radius 1 is 0.458 bits per heavy atom. The summed E-state index contributed by atoms with van der Waals surface area (Å²) in [6.45, 7) is 0. The maximum atomic E-state index is 3.46. The summed E-state index contributed by atoms with van der Waals surface area (Å²) in [6.07, 6.45) is 0. The molecular weight excluding hydrogens is 288 g/mol. The second kappa shape index (κ2) is 6.55. The Balaban J connectivity index is 1.92. The summed E-state index contributed by atoms with van der Waals surface area (Å²) in [4.78, 5) is 0. The first-order valence-corrected chi connectivity index (χ1v) is 8.14. The molecule has 0 atom stereocenters. The van der Waals surface area contributed by atoms with Gasteiger partial charge in [0.15, 0.2) is 0 Å². The number of rotatable bonds is 3. The number of benzene rings is 4. The van der Waals surface area contributed by atoms with Gasteiger partial charge < -0.3 is 0 Å². The fourth-order valence-electron chi connectivity index (χ4n) is 2.99. The molecule has 0 nitrogen and oxygen atoms in total. The maximum Gasteiger partial charge on any atom is -0.00923 e. The van der Waals surface area contributed by atoms with Gasteiger partial charge in [0.25, 0.3) is 0 Å². The van der Waals surface area contributed by atoms with E-state index in [4.69, 9.17) is 0 Å². The van der Waals surface area contributed by atoms with E-state index in [1.807, 2.05) is 12.1 Å². The molecule has 0 amide bonds. The van der Waals surface area contributed by atoms with Crippen molar-refractivity contribution in [2.75, 3.05) is 0 Å². The Labute approximate surface area is 143 Å². The van der Waals surface area contributed by atoms with Crippen molar-refractivity contribution in [1.29, 1.82) is 0 Å². The molecule has 0 heteroatoms. The van der Waals surface area contributed by atoms with Gasteiger partial charge in [-0.05, 0) is 51.6 Å². The third kappa shape index (κ3) is 2.87. The Morgan fingerprint density at radius 3 is 1.46 bits per heavy atom. The van der Waals surface area contributed by atoms with Crippen LogP contribution in [0.1, 0.15) is 0 Å². The van der Waals surface area contributed by atoms with E-state index in [1.54, 1.807) is 0 Å². The summed E-state index contributed by atoms with van der Waals surface area (Å²) in [6, 6.07) is 39.3. The highest BCUT2D eigenvalue weighted by Gasteiger charge is 2.09. The van der Waals surface area contributed by atoms with Crippen molar-refractivity contribution in [2.24, 2.45) is 0 Å². The van der Waals surface area contributed by atoms with E-state index in [0.717, 1.165) is 5.56 Å². The van der Waals surface area contributed by atoms with E-state index < -0.39 is 0 Å². The summed E-state index contributed by atoms with van der Waals surface area (Å²) >= 11 is 0. The van der Waals surface area contributed by atoms with Gasteiger partial charge in [-0.3, -0.25) is 0 Å². The minimum atomic E-state index is 1.12. The van der Waals surface area contributed by atoms with Crippen molar-refractivity contribution in [1.82, 2.24) is 0 Å². The van der Waals surface area contributed by atoms with Crippen LogP contribution in [-0.2, 0) is 0 Å². The van der Waals surface area contributed by atoms with Crippen LogP contribution in [0.4, 0.5) is 0 Å². The van der Waals surface area contributed by atoms with Crippen LogP contribution < -0.4 is 0 Å². The predicted octanol–water partition coefficient (Wildman–Crippen LogP) is 6.49. The average molecular weight is 305 g/mol. The molecule has 4 aromatic rings. The molecule has 113 valence electrons. The lowest BCUT2D eigenvalue weighted by Crippen LogP contribution is -1.87. The van der Waals surface area contributed by atoms with Gasteiger partial charge in [-0.2, -0.15) is 0 Å². The molecule has 0 saturated carbocycles. The van der Waals surface area contributed by atoms with E-state index in [1.165, 1.54) is 27.8 Å². The molecule has 0 aliphatic heterocycles. The van der Waals surface area contributed by atoms with Crippen molar-refractivity contribution in [3.8, 4) is 33.4 Å². The monoisotopic (exact) mass is 305 g/mol. The van der Waals surface area contributed by atoms with Crippen molar-refractivity contribution >= 4 is 0 Å². The second-order valence-corrected chi connectivity index (χ2v) is 5.77. The maximum absolute atomic E-state index is 3.46. The standard InChI is InChI=1S/C24H17/c1-4-10-19(11-5-1)22-16-17-23(20-12-6-2-7-13-20)24(18-22)21-14-8-3-9-15-21/h1-15,17-18H. The summed E-state index contributed by atoms with van der Waals surface area (Å²) in [7, 11) is 0. The van der Waals surface area contributed by atoms with Gasteiger partial charge in [-0.1, -0.05) is 91.0 Å². The van der Waals surface area contributed by atoms with Gasteiger partial charge in [0.05, 0.1) is 0 Å². The topological polar surface area (TPSA) is 0 Å². The fourth-order valence-corrected chi connectivity index (χ4v) is 2.99. The van der Waals surface area contributed by atoms with Crippen LogP contribution in [-0.4, -0.2) is 0 Å². The van der Waals surface area contributed by atoms with Gasteiger partial charge in [-0.25, -0.2) is 0 Å². The van der Waals surface area contributed by atoms with Gasteiger partial charge in [0.2, 0.25) is 0 Å². The zero-order chi connectivity index (χ0) is 16.2. The van der Waals surface area contributed by atoms with Crippen molar-refractivity contribution in [2.45, 2.75) is 0 Å². The molecule has 4 rings (SSSR count). The predicted molar refractivity (Wildman–Crippen MR) is 102 cm³/mol. The minimum absolute atomic E-state index is 1.12. The highest BCUT2D eigenvalue weighted by Crippen LogP contribution is 2.35. The van der Waals surface area contributed by atoms with E-state index in [-0.39, 0.29) is 0 Å². The molecule has 1 radical (unpaired) electrons. The van der Waals surface area contributed by atoms with E-state index in [2.05, 4.69) is 97.1 Å². The average Bonchev–Trinajstić information content (AvgIpc) is 2.69. The molecule has 0 spiro atoms. The van der Waals surface area contributed by atoms with E-state index >= 15 is 0 Å². The first kappa shape index (κ1) is 14.5. The fraction of sp³-hybridized carbons (Fsp3) is 0. The molecule has 0 saturated heterocycles. The van der Waals surface area contributed by atoms with E-state index in [9.17, 15) is 0 Å². The molecule has 0 N–H and O–H groups in total. The molecule has 0 aliphatic rings. The zero-order valence-corrected chi connectivity index (χ0v) is 13.3. The largest absolute Gasteiger partial charge is 0.0622 e.